The zero-order chi connectivity index (χ0) is 17.5. The maximum atomic E-state index is 12.4. The summed E-state index contributed by atoms with van der Waals surface area (Å²) in [6.07, 6.45) is 0. The minimum atomic E-state index is 0.0272. The van der Waals surface area contributed by atoms with Crippen molar-refractivity contribution in [3.8, 4) is 10.6 Å². The molecule has 132 valence electrons. The van der Waals surface area contributed by atoms with Crippen molar-refractivity contribution >= 4 is 17.2 Å². The van der Waals surface area contributed by atoms with Crippen molar-refractivity contribution in [1.29, 1.82) is 0 Å². The number of nitrogens with zero attached hydrogens (tertiary/aromatic N) is 2. The quantitative estimate of drug-likeness (QED) is 0.684. The number of thiophene rings is 1. The Bertz CT molecular complexity index is 610. The third-order valence-corrected chi connectivity index (χ3v) is 4.21. The lowest BCUT2D eigenvalue weighted by Gasteiger charge is -2.26. The van der Waals surface area contributed by atoms with Gasteiger partial charge in [-0.25, -0.2) is 0 Å². The fourth-order valence-electron chi connectivity index (χ4n) is 2.41. The Morgan fingerprint density at radius 3 is 2.58 bits per heavy atom. The average molecular weight is 350 g/mol. The molecule has 0 bridgehead atoms. The van der Waals surface area contributed by atoms with Crippen molar-refractivity contribution in [2.75, 3.05) is 19.7 Å². The first-order valence-electron chi connectivity index (χ1n) is 8.30. The molecule has 0 aliphatic rings. The highest BCUT2D eigenvalue weighted by Crippen LogP contribution is 2.25. The van der Waals surface area contributed by atoms with Crippen molar-refractivity contribution in [1.82, 2.24) is 10.1 Å². The van der Waals surface area contributed by atoms with Crippen LogP contribution < -0.4 is 0 Å². The molecule has 0 aromatic carbocycles. The molecule has 2 aromatic rings. The molecular formula is C18H26N2O3S. The van der Waals surface area contributed by atoms with Crippen LogP contribution >= 0.6 is 11.3 Å². The summed E-state index contributed by atoms with van der Waals surface area (Å²) in [7, 11) is 0. The van der Waals surface area contributed by atoms with Gasteiger partial charge < -0.3 is 14.2 Å². The molecule has 1 amide bonds. The van der Waals surface area contributed by atoms with Crippen molar-refractivity contribution in [2.45, 2.75) is 34.3 Å². The number of hydrogen-bond donors (Lipinski definition) is 0. The summed E-state index contributed by atoms with van der Waals surface area (Å²) in [5.41, 5.74) is 0.700. The van der Waals surface area contributed by atoms with Crippen LogP contribution in [0, 0.1) is 11.8 Å². The van der Waals surface area contributed by atoms with Crippen LogP contribution in [-0.2, 0) is 16.1 Å². The molecule has 0 unspecified atom stereocenters. The fourth-order valence-corrected chi connectivity index (χ4v) is 3.08. The molecule has 0 atom stereocenters. The van der Waals surface area contributed by atoms with E-state index >= 15 is 0 Å². The lowest BCUT2D eigenvalue weighted by atomic mass is 10.1. The number of amides is 1. The molecule has 2 heterocycles. The molecule has 5 nitrogen and oxygen atoms in total. The summed E-state index contributed by atoms with van der Waals surface area (Å²) in [6.45, 7) is 10.3. The van der Waals surface area contributed by atoms with E-state index in [4.69, 9.17) is 9.26 Å². The zero-order valence-corrected chi connectivity index (χ0v) is 15.6. The molecule has 0 saturated heterocycles. The van der Waals surface area contributed by atoms with E-state index in [0.29, 0.717) is 17.5 Å². The Hall–Kier alpha value is -1.66. The molecule has 0 aliphatic carbocycles. The van der Waals surface area contributed by atoms with E-state index in [1.165, 1.54) is 0 Å². The Morgan fingerprint density at radius 1 is 1.29 bits per heavy atom. The van der Waals surface area contributed by atoms with Gasteiger partial charge in [-0.3, -0.25) is 4.79 Å². The fraction of sp³-hybridized carbons (Fsp3) is 0.556. The summed E-state index contributed by atoms with van der Waals surface area (Å²) < 4.78 is 10.9. The van der Waals surface area contributed by atoms with Crippen LogP contribution in [0.3, 0.4) is 0 Å². The van der Waals surface area contributed by atoms with Gasteiger partial charge in [0.25, 0.3) is 0 Å². The summed E-state index contributed by atoms with van der Waals surface area (Å²) in [4.78, 5) is 15.3. The van der Waals surface area contributed by atoms with Crippen LogP contribution in [0.1, 0.15) is 33.4 Å². The topological polar surface area (TPSA) is 55.6 Å². The van der Waals surface area contributed by atoms with Gasteiger partial charge in [-0.15, -0.1) is 11.3 Å². The third kappa shape index (κ3) is 5.76. The largest absolute Gasteiger partial charge is 0.365 e. The first kappa shape index (κ1) is 18.7. The molecule has 24 heavy (non-hydrogen) atoms. The number of aromatic nitrogens is 1. The second-order valence-electron chi connectivity index (χ2n) is 6.74. The predicted molar refractivity (Wildman–Crippen MR) is 95.7 cm³/mol. The van der Waals surface area contributed by atoms with Crippen LogP contribution in [0.15, 0.2) is 28.1 Å². The number of ether oxygens (including phenoxy) is 1. The highest BCUT2D eigenvalue weighted by Gasteiger charge is 2.17. The van der Waals surface area contributed by atoms with E-state index in [-0.39, 0.29) is 19.1 Å². The Kier molecular flexibility index (Phi) is 6.99. The van der Waals surface area contributed by atoms with E-state index in [0.717, 1.165) is 23.7 Å². The summed E-state index contributed by atoms with van der Waals surface area (Å²) in [6, 6.07) is 5.81. The van der Waals surface area contributed by atoms with Crippen molar-refractivity contribution < 1.29 is 14.1 Å². The lowest BCUT2D eigenvalue weighted by molar-refractivity contribution is -0.137. The summed E-state index contributed by atoms with van der Waals surface area (Å²) >= 11 is 1.60. The predicted octanol–water partition coefficient (Wildman–Crippen LogP) is 4.06. The van der Waals surface area contributed by atoms with E-state index in [9.17, 15) is 4.79 Å². The molecule has 0 radical (unpaired) electrons. The van der Waals surface area contributed by atoms with Crippen molar-refractivity contribution in [3.63, 3.8) is 0 Å². The number of hydrogen-bond acceptors (Lipinski definition) is 5. The normalized spacial score (nSPS) is 11.4. The molecule has 0 aliphatic heterocycles. The van der Waals surface area contributed by atoms with Gasteiger partial charge in [0.05, 0.1) is 11.5 Å². The summed E-state index contributed by atoms with van der Waals surface area (Å²) in [5.74, 6) is 1.64. The van der Waals surface area contributed by atoms with Gasteiger partial charge in [0.1, 0.15) is 12.3 Å². The third-order valence-electron chi connectivity index (χ3n) is 3.32. The maximum Gasteiger partial charge on any atom is 0.248 e. The van der Waals surface area contributed by atoms with Crippen LogP contribution in [0.25, 0.3) is 10.6 Å². The molecule has 0 N–H and O–H groups in total. The van der Waals surface area contributed by atoms with Gasteiger partial charge >= 0.3 is 0 Å². The van der Waals surface area contributed by atoms with Gasteiger partial charge in [-0.2, -0.15) is 0 Å². The molecule has 6 heteroatoms. The van der Waals surface area contributed by atoms with E-state index in [2.05, 4.69) is 32.9 Å². The van der Waals surface area contributed by atoms with Gasteiger partial charge in [0.15, 0.2) is 5.76 Å². The minimum absolute atomic E-state index is 0.0272. The SMILES string of the molecule is CC(C)CN(CC(C)C)C(=O)COCc1cc(-c2cccs2)on1. The molecule has 0 spiro atoms. The summed E-state index contributed by atoms with van der Waals surface area (Å²) in [5, 5.41) is 5.98. The monoisotopic (exact) mass is 350 g/mol. The van der Waals surface area contributed by atoms with Crippen molar-refractivity contribution in [3.05, 3.63) is 29.3 Å². The molecular weight excluding hydrogens is 324 g/mol. The lowest BCUT2D eigenvalue weighted by Crippen LogP contribution is -2.39. The van der Waals surface area contributed by atoms with Gasteiger partial charge in [-0.1, -0.05) is 38.9 Å². The number of carbonyl (C=O) groups is 1. The van der Waals surface area contributed by atoms with E-state index in [1.54, 1.807) is 11.3 Å². The van der Waals surface area contributed by atoms with E-state index in [1.807, 2.05) is 28.5 Å². The van der Waals surface area contributed by atoms with Crippen molar-refractivity contribution in [2.24, 2.45) is 11.8 Å². The molecule has 0 fully saturated rings. The highest BCUT2D eigenvalue weighted by molar-refractivity contribution is 7.13. The zero-order valence-electron chi connectivity index (χ0n) is 14.8. The first-order valence-corrected chi connectivity index (χ1v) is 9.18. The Balaban J connectivity index is 1.82. The molecule has 2 rings (SSSR count). The van der Waals surface area contributed by atoms with Gasteiger partial charge in [-0.05, 0) is 23.3 Å². The van der Waals surface area contributed by atoms with E-state index < -0.39 is 0 Å². The molecule has 2 aromatic heterocycles. The smallest absolute Gasteiger partial charge is 0.248 e. The van der Waals surface area contributed by atoms with Gasteiger partial charge in [0, 0.05) is 19.2 Å². The number of rotatable bonds is 9. The molecule has 0 saturated carbocycles. The standard InChI is InChI=1S/C18H26N2O3S/c1-13(2)9-20(10-14(3)4)18(21)12-22-11-15-8-16(23-19-15)17-6-5-7-24-17/h5-8,13-14H,9-12H2,1-4H3. The van der Waals surface area contributed by atoms with Crippen LogP contribution in [-0.4, -0.2) is 35.7 Å². The van der Waals surface area contributed by atoms with Crippen LogP contribution in [0.5, 0.6) is 0 Å². The highest BCUT2D eigenvalue weighted by atomic mass is 32.1. The first-order chi connectivity index (χ1) is 11.5. The Morgan fingerprint density at radius 2 is 2.00 bits per heavy atom. The Labute approximate surface area is 147 Å². The minimum Gasteiger partial charge on any atom is -0.365 e. The second-order valence-corrected chi connectivity index (χ2v) is 7.69. The number of carbonyl (C=O) groups excluding carboxylic acids is 1. The second kappa shape index (κ2) is 8.99. The van der Waals surface area contributed by atoms with Crippen LogP contribution in [0.4, 0.5) is 0 Å². The average Bonchev–Trinajstić information content (AvgIpc) is 3.16. The maximum absolute atomic E-state index is 12.4. The van der Waals surface area contributed by atoms with Crippen LogP contribution in [0.2, 0.25) is 0 Å². The van der Waals surface area contributed by atoms with Gasteiger partial charge in [0.2, 0.25) is 5.91 Å².